The summed E-state index contributed by atoms with van der Waals surface area (Å²) in [6.45, 7) is -6.20. The summed E-state index contributed by atoms with van der Waals surface area (Å²) in [4.78, 5) is 4.81. The molecule has 5 nitrogen and oxygen atoms in total. The van der Waals surface area contributed by atoms with Gasteiger partial charge in [0, 0.05) is 58.1 Å². The van der Waals surface area contributed by atoms with E-state index in [0.717, 1.165) is 50.1 Å². The second kappa shape index (κ2) is 18.9. The highest BCUT2D eigenvalue weighted by Crippen LogP contribution is 2.45. The molecule has 0 N–H and O–H groups in total. The summed E-state index contributed by atoms with van der Waals surface area (Å²) < 4.78 is 308. The van der Waals surface area contributed by atoms with Gasteiger partial charge in [0.15, 0.2) is 19.1 Å². The third-order valence-corrected chi connectivity index (χ3v) is 18.5. The molecule has 13 aromatic rings. The minimum absolute atomic E-state index is 0.0296. The largest absolute Gasteiger partial charge is 0.457 e. The molecule has 0 amide bonds. The van der Waals surface area contributed by atoms with Crippen LogP contribution in [-0.2, 0) is 10.8 Å². The molecule has 0 fully saturated rings. The quantitative estimate of drug-likeness (QED) is 0.0864. The van der Waals surface area contributed by atoms with E-state index in [-0.39, 0.29) is 33.4 Å². The van der Waals surface area contributed by atoms with Crippen molar-refractivity contribution in [1.29, 1.82) is 0 Å². The number of imidazole rings is 1. The molecule has 4 heterocycles. The SMILES string of the molecule is [2H]c1c([2H])c([2H])c([Si](c2c([2H])c([2H])c([2H])c([2H])c2[2H])(c2c([2H])c([2H])c([2H])c([2H])c2[2H])c2c([2H])c([2H])c3c(c2[2H])-c2cccc(C(C([2H])([2H])[2H])(C([2H])([2H])[2H])C([2H])([2H])[2H])c2-[n+]2cn(-c4cccc(Oc5ccc6c7ccccc7n(-c7cc(C(C)(C)C)ccn7)c6c5)c4)c4cccc(c42)-c2c([2H])c([2H])c([2H])c([2H])c2-3)c([2H])c1[2H]. The lowest BCUT2D eigenvalue weighted by Crippen LogP contribution is -2.74. The van der Waals surface area contributed by atoms with Crippen molar-refractivity contribution in [3.8, 4) is 62.1 Å². The van der Waals surface area contributed by atoms with Gasteiger partial charge in [0.2, 0.25) is 0 Å². The molecule has 80 heavy (non-hydrogen) atoms. The summed E-state index contributed by atoms with van der Waals surface area (Å²) in [5.74, 6) is 1.14. The van der Waals surface area contributed by atoms with Crippen molar-refractivity contribution >= 4 is 61.7 Å². The van der Waals surface area contributed by atoms with E-state index in [1.807, 2.05) is 53.1 Å². The Hall–Kier alpha value is -9.36. The Balaban J connectivity index is 1.18. The smallest absolute Gasteiger partial charge is 0.255 e. The fourth-order valence-electron chi connectivity index (χ4n) is 10.9. The van der Waals surface area contributed by atoms with E-state index in [1.165, 1.54) is 29.1 Å². The maximum Gasteiger partial charge on any atom is 0.255 e. The fourth-order valence-corrected chi connectivity index (χ4v) is 14.5. The Morgan fingerprint density at radius 3 is 1.82 bits per heavy atom. The number of aromatic nitrogens is 4. The summed E-state index contributed by atoms with van der Waals surface area (Å²) in [5, 5.41) is -3.13. The summed E-state index contributed by atoms with van der Waals surface area (Å²) in [7, 11) is -6.72. The molecule has 386 valence electrons. The maximum atomic E-state index is 11.3. The van der Waals surface area contributed by atoms with Crippen molar-refractivity contribution in [2.24, 2.45) is 0 Å². The molecule has 0 radical (unpaired) electrons. The van der Waals surface area contributed by atoms with Crippen LogP contribution in [0.4, 0.5) is 0 Å². The zero-order valence-corrected chi connectivity index (χ0v) is 43.8. The van der Waals surface area contributed by atoms with Gasteiger partial charge in [-0.05, 0) is 114 Å². The first kappa shape index (κ1) is 26.1. The number of para-hydroxylation sites is 3. The minimum atomic E-state index is -6.72. The summed E-state index contributed by atoms with van der Waals surface area (Å²) in [6.07, 6.45) is 3.00. The molecule has 3 aromatic heterocycles. The Labute approximate surface area is 512 Å². The van der Waals surface area contributed by atoms with Gasteiger partial charge in [-0.25, -0.2) is 4.98 Å². The first-order valence-corrected chi connectivity index (χ1v) is 27.3. The Morgan fingerprint density at radius 1 is 0.500 bits per heavy atom. The minimum Gasteiger partial charge on any atom is -0.457 e. The maximum absolute atomic E-state index is 11.3. The van der Waals surface area contributed by atoms with Crippen molar-refractivity contribution in [2.75, 3.05) is 0 Å². The van der Waals surface area contributed by atoms with E-state index in [9.17, 15) is 38.4 Å². The molecule has 10 aromatic carbocycles. The lowest BCUT2D eigenvalue weighted by Gasteiger charge is -2.35. The van der Waals surface area contributed by atoms with Gasteiger partial charge in [-0.1, -0.05) is 223 Å². The molecule has 6 heteroatoms. The Bertz CT molecular complexity index is 5960. The number of pyridine rings is 1. The number of hydrogen-bond acceptors (Lipinski definition) is 2. The first-order chi connectivity index (χ1) is 51.8. The normalized spacial score (nSPS) is 18.4. The molecule has 0 saturated carbocycles. The molecule has 0 saturated heterocycles. The highest BCUT2D eigenvalue weighted by molar-refractivity contribution is 7.20. The Morgan fingerprint density at radius 2 is 1.11 bits per heavy atom. The molecule has 1 aliphatic heterocycles. The summed E-state index contributed by atoms with van der Waals surface area (Å²) >= 11 is 0. The van der Waals surface area contributed by atoms with Gasteiger partial charge in [0.1, 0.15) is 28.7 Å². The highest BCUT2D eigenvalue weighted by atomic mass is 28.3. The van der Waals surface area contributed by atoms with Gasteiger partial charge in [0.25, 0.3) is 6.33 Å². The molecule has 14 rings (SSSR count). The number of fused-ring (bicyclic) bond motifs is 10. The molecular weight excluding hydrogens is 989 g/mol. The second-order valence-corrected chi connectivity index (χ2v) is 23.8. The van der Waals surface area contributed by atoms with E-state index in [4.69, 9.17) is 13.8 Å². The van der Waals surface area contributed by atoms with Crippen LogP contribution in [-0.4, -0.2) is 22.2 Å². The molecule has 1 aliphatic rings. The van der Waals surface area contributed by atoms with Crippen LogP contribution >= 0.6 is 0 Å². The Kier molecular flexibility index (Phi) is 6.17. The van der Waals surface area contributed by atoms with Crippen molar-refractivity contribution < 1.29 is 51.8 Å². The zero-order chi connectivity index (χ0) is 81.0. The summed E-state index contributed by atoms with van der Waals surface area (Å²) in [6, 6.07) is 4.03. The van der Waals surface area contributed by atoms with Crippen LogP contribution in [0.25, 0.3) is 83.4 Å². The number of nitrogens with zero attached hydrogens (tertiary/aromatic N) is 4. The molecule has 0 bridgehead atoms. The second-order valence-electron chi connectivity index (χ2n) is 20.3. The number of ether oxygens (including phenoxy) is 1. The van der Waals surface area contributed by atoms with Crippen molar-refractivity contribution in [2.45, 2.75) is 52.2 Å². The predicted octanol–water partition coefficient (Wildman–Crippen LogP) is 15.5. The standard InChI is InChI=1S/C74H61N4OSi/c1-73(2,3)50-43-44-75-70(45-50)78-67-37-19-18-33-61(67)62-41-39-53(47-69(62)78)79-52-24-20-23-51(46-52)76-49-77-71-64(34-21-36-66(71)74(4,5)6)65-48-57(40-42-60(65)58-31-16-17-32-59(58)63-35-22-38-68(76)72(63)77)80(54-25-10-7-11-26-54,55-27-12-8-13-28-55)56-29-14-9-15-30-56/h7-49H,1-6H3/q+1/i4D3,5D3,6D3,7D,8D,9D,10D,11D,12D,13D,14D,15D,16D,17D,25D,26D,27D,28D,29D,30D,31D,32D,40D,42D,48D. The van der Waals surface area contributed by atoms with Crippen molar-refractivity contribution in [3.05, 3.63) is 272 Å². The van der Waals surface area contributed by atoms with E-state index >= 15 is 0 Å². The van der Waals surface area contributed by atoms with Crippen LogP contribution in [0.15, 0.2) is 261 Å². The third-order valence-electron chi connectivity index (χ3n) is 14.5. The van der Waals surface area contributed by atoms with Crippen LogP contribution in [0.3, 0.4) is 0 Å². The third kappa shape index (κ3) is 7.96. The predicted molar refractivity (Wildman–Crippen MR) is 334 cm³/mol. The summed E-state index contributed by atoms with van der Waals surface area (Å²) in [5.41, 5.74) is -7.77. The lowest BCUT2D eigenvalue weighted by atomic mass is 9.82. The fraction of sp³-hybridized carbons (Fsp3) is 0.108. The first-order valence-electron chi connectivity index (χ1n) is 40.8. The van der Waals surface area contributed by atoms with E-state index in [0.29, 0.717) is 11.6 Å². The number of hydrogen-bond donors (Lipinski definition) is 0. The van der Waals surface area contributed by atoms with Crippen LogP contribution in [0.1, 0.15) is 94.9 Å². The van der Waals surface area contributed by atoms with Gasteiger partial charge < -0.3 is 4.74 Å². The van der Waals surface area contributed by atoms with Crippen molar-refractivity contribution in [3.63, 3.8) is 0 Å². The highest BCUT2D eigenvalue weighted by Gasteiger charge is 2.42. The molecule has 0 unspecified atom stereocenters. The van der Waals surface area contributed by atoms with Crippen LogP contribution < -0.4 is 30.1 Å². The zero-order valence-electron chi connectivity index (χ0n) is 73.8. The monoisotopic (exact) mass is 1080 g/mol. The molecule has 0 spiro atoms. The number of rotatable bonds is 8. The van der Waals surface area contributed by atoms with Crippen molar-refractivity contribution in [1.82, 2.24) is 14.1 Å². The van der Waals surface area contributed by atoms with E-state index in [1.54, 1.807) is 36.5 Å². The van der Waals surface area contributed by atoms with Gasteiger partial charge in [-0.3, -0.25) is 4.57 Å². The van der Waals surface area contributed by atoms with Crippen LogP contribution in [0.2, 0.25) is 0 Å². The molecule has 0 atom stereocenters. The average molecular weight is 1080 g/mol. The van der Waals surface area contributed by atoms with E-state index < -0.39 is 227 Å². The lowest BCUT2D eigenvalue weighted by molar-refractivity contribution is -0.567. The molecular formula is C74H61N4OSi+. The average Bonchev–Trinajstić information content (AvgIpc) is 1.56. The topological polar surface area (TPSA) is 35.9 Å². The van der Waals surface area contributed by atoms with Crippen LogP contribution in [0, 0.1) is 0 Å². The van der Waals surface area contributed by atoms with Gasteiger partial charge >= 0.3 is 0 Å². The van der Waals surface area contributed by atoms with Gasteiger partial charge in [-0.2, -0.15) is 9.13 Å². The van der Waals surface area contributed by atoms with Gasteiger partial charge in [0.05, 0.1) is 41.2 Å². The van der Waals surface area contributed by atoms with Crippen LogP contribution in [0.5, 0.6) is 11.5 Å². The number of benzene rings is 10. The van der Waals surface area contributed by atoms with E-state index in [2.05, 4.69) is 20.8 Å². The molecule has 0 aliphatic carbocycles. The van der Waals surface area contributed by atoms with Gasteiger partial charge in [-0.15, -0.1) is 0 Å².